The number of nitrogens with one attached hydrogen (secondary N) is 1. The van der Waals surface area contributed by atoms with E-state index in [2.05, 4.69) is 58.2 Å². The second-order valence-electron chi connectivity index (χ2n) is 4.04. The van der Waals surface area contributed by atoms with Crippen molar-refractivity contribution in [3.05, 3.63) is 22.3 Å². The number of pyridine rings is 1. The second kappa shape index (κ2) is 5.47. The number of hydrogen-bond acceptors (Lipinski definition) is 3. The normalized spacial score (nSPS) is 12.9. The van der Waals surface area contributed by atoms with Crippen LogP contribution in [-0.2, 0) is 0 Å². The van der Waals surface area contributed by atoms with E-state index in [0.29, 0.717) is 6.04 Å². The standard InChI is InChI=1S/C11H18BrN3/c1-8-5-10(12)11(13-6-8)14-7-9(2)15(3)4/h5-6,9H,7H2,1-4H3,(H,13,14). The summed E-state index contributed by atoms with van der Waals surface area (Å²) in [6.45, 7) is 5.10. The number of halogens is 1. The summed E-state index contributed by atoms with van der Waals surface area (Å²) in [6, 6.07) is 2.55. The zero-order valence-corrected chi connectivity index (χ0v) is 11.3. The number of hydrogen-bond donors (Lipinski definition) is 1. The van der Waals surface area contributed by atoms with Gasteiger partial charge in [-0.2, -0.15) is 0 Å². The maximum atomic E-state index is 4.33. The fourth-order valence-electron chi connectivity index (χ4n) is 1.09. The highest BCUT2D eigenvalue weighted by molar-refractivity contribution is 9.10. The van der Waals surface area contributed by atoms with Crippen molar-refractivity contribution in [3.63, 3.8) is 0 Å². The first-order valence-corrected chi connectivity index (χ1v) is 5.82. The zero-order chi connectivity index (χ0) is 11.4. The highest BCUT2D eigenvalue weighted by Gasteiger charge is 2.06. The number of rotatable bonds is 4. The van der Waals surface area contributed by atoms with E-state index in [0.717, 1.165) is 22.4 Å². The Hall–Kier alpha value is -0.610. The Morgan fingerprint density at radius 1 is 1.53 bits per heavy atom. The van der Waals surface area contributed by atoms with Crippen LogP contribution in [0.2, 0.25) is 0 Å². The lowest BCUT2D eigenvalue weighted by molar-refractivity contribution is 0.326. The molecule has 0 saturated carbocycles. The molecule has 1 aromatic rings. The SMILES string of the molecule is Cc1cnc(NCC(C)N(C)C)c(Br)c1. The predicted molar refractivity (Wildman–Crippen MR) is 68.3 cm³/mol. The third kappa shape index (κ3) is 3.80. The van der Waals surface area contributed by atoms with Crippen molar-refractivity contribution in [1.82, 2.24) is 9.88 Å². The van der Waals surface area contributed by atoms with Crippen molar-refractivity contribution >= 4 is 21.7 Å². The average Bonchev–Trinajstić information content (AvgIpc) is 2.15. The van der Waals surface area contributed by atoms with Gasteiger partial charge < -0.3 is 10.2 Å². The molecule has 1 atom stereocenters. The first-order chi connectivity index (χ1) is 7.00. The van der Waals surface area contributed by atoms with E-state index in [1.54, 1.807) is 0 Å². The van der Waals surface area contributed by atoms with Gasteiger partial charge in [0.05, 0.1) is 4.47 Å². The molecular weight excluding hydrogens is 254 g/mol. The van der Waals surface area contributed by atoms with Gasteiger partial charge in [0.2, 0.25) is 0 Å². The van der Waals surface area contributed by atoms with Crippen LogP contribution in [-0.4, -0.2) is 36.6 Å². The monoisotopic (exact) mass is 271 g/mol. The molecule has 1 heterocycles. The molecule has 0 aromatic carbocycles. The van der Waals surface area contributed by atoms with Crippen molar-refractivity contribution < 1.29 is 0 Å². The molecule has 0 radical (unpaired) electrons. The molecule has 0 fully saturated rings. The minimum atomic E-state index is 0.486. The fourth-order valence-corrected chi connectivity index (χ4v) is 1.69. The van der Waals surface area contributed by atoms with E-state index in [9.17, 15) is 0 Å². The Morgan fingerprint density at radius 2 is 2.20 bits per heavy atom. The molecule has 1 rings (SSSR count). The lowest BCUT2D eigenvalue weighted by atomic mass is 10.3. The number of likely N-dealkylation sites (N-methyl/N-ethyl adjacent to an activating group) is 1. The minimum absolute atomic E-state index is 0.486. The van der Waals surface area contributed by atoms with E-state index in [1.807, 2.05) is 13.1 Å². The molecule has 1 N–H and O–H groups in total. The van der Waals surface area contributed by atoms with Crippen LogP contribution in [0.1, 0.15) is 12.5 Å². The van der Waals surface area contributed by atoms with Gasteiger partial charge in [0.25, 0.3) is 0 Å². The number of aryl methyl sites for hydroxylation is 1. The summed E-state index contributed by atoms with van der Waals surface area (Å²) in [7, 11) is 4.15. The first kappa shape index (κ1) is 12.5. The lowest BCUT2D eigenvalue weighted by Gasteiger charge is -2.20. The van der Waals surface area contributed by atoms with Gasteiger partial charge in [-0.3, -0.25) is 0 Å². The van der Waals surface area contributed by atoms with Crippen LogP contribution in [0.4, 0.5) is 5.82 Å². The highest BCUT2D eigenvalue weighted by Crippen LogP contribution is 2.20. The molecule has 15 heavy (non-hydrogen) atoms. The van der Waals surface area contributed by atoms with Crippen LogP contribution >= 0.6 is 15.9 Å². The molecule has 4 heteroatoms. The molecule has 0 aliphatic heterocycles. The summed E-state index contributed by atoms with van der Waals surface area (Å²) in [5.74, 6) is 0.911. The highest BCUT2D eigenvalue weighted by atomic mass is 79.9. The van der Waals surface area contributed by atoms with Crippen molar-refractivity contribution in [2.75, 3.05) is 26.0 Å². The van der Waals surface area contributed by atoms with E-state index < -0.39 is 0 Å². The van der Waals surface area contributed by atoms with Gasteiger partial charge in [-0.25, -0.2) is 4.98 Å². The maximum Gasteiger partial charge on any atom is 0.140 e. The van der Waals surface area contributed by atoms with Crippen LogP contribution in [0.3, 0.4) is 0 Å². The second-order valence-corrected chi connectivity index (χ2v) is 4.89. The van der Waals surface area contributed by atoms with Crippen LogP contribution in [0.15, 0.2) is 16.7 Å². The molecule has 84 valence electrons. The predicted octanol–water partition coefficient (Wildman–Crippen LogP) is 2.51. The Labute approximate surface area is 100 Å². The van der Waals surface area contributed by atoms with Gasteiger partial charge in [0, 0.05) is 18.8 Å². The number of aromatic nitrogens is 1. The molecule has 0 bridgehead atoms. The van der Waals surface area contributed by atoms with E-state index in [1.165, 1.54) is 0 Å². The third-order valence-corrected chi connectivity index (χ3v) is 3.03. The summed E-state index contributed by atoms with van der Waals surface area (Å²) in [5.41, 5.74) is 1.16. The first-order valence-electron chi connectivity index (χ1n) is 5.03. The van der Waals surface area contributed by atoms with Gasteiger partial charge in [-0.15, -0.1) is 0 Å². The minimum Gasteiger partial charge on any atom is -0.368 e. The summed E-state index contributed by atoms with van der Waals surface area (Å²) in [4.78, 5) is 6.51. The molecule has 0 spiro atoms. The maximum absolute atomic E-state index is 4.33. The lowest BCUT2D eigenvalue weighted by Crippen LogP contribution is -2.31. The molecule has 0 amide bonds. The molecule has 0 saturated heterocycles. The molecule has 0 aliphatic carbocycles. The zero-order valence-electron chi connectivity index (χ0n) is 9.71. The van der Waals surface area contributed by atoms with Gasteiger partial charge in [0.1, 0.15) is 5.82 Å². The Balaban J connectivity index is 2.58. The topological polar surface area (TPSA) is 28.2 Å². The smallest absolute Gasteiger partial charge is 0.140 e. The van der Waals surface area contributed by atoms with E-state index in [-0.39, 0.29) is 0 Å². The van der Waals surface area contributed by atoms with E-state index >= 15 is 0 Å². The molecule has 1 unspecified atom stereocenters. The molecule has 0 aliphatic rings. The van der Waals surface area contributed by atoms with Gasteiger partial charge in [-0.1, -0.05) is 0 Å². The molecular formula is C11H18BrN3. The van der Waals surface area contributed by atoms with Crippen molar-refractivity contribution in [1.29, 1.82) is 0 Å². The summed E-state index contributed by atoms with van der Waals surface area (Å²) >= 11 is 3.50. The van der Waals surface area contributed by atoms with Crippen LogP contribution < -0.4 is 5.32 Å². The van der Waals surface area contributed by atoms with E-state index in [4.69, 9.17) is 0 Å². The summed E-state index contributed by atoms with van der Waals surface area (Å²) in [5, 5.41) is 3.32. The largest absolute Gasteiger partial charge is 0.368 e. The summed E-state index contributed by atoms with van der Waals surface area (Å²) in [6.07, 6.45) is 1.87. The van der Waals surface area contributed by atoms with Crippen molar-refractivity contribution in [3.8, 4) is 0 Å². The van der Waals surface area contributed by atoms with Crippen molar-refractivity contribution in [2.45, 2.75) is 19.9 Å². The Morgan fingerprint density at radius 3 is 2.73 bits per heavy atom. The Kier molecular flexibility index (Phi) is 4.54. The van der Waals surface area contributed by atoms with Crippen LogP contribution in [0.25, 0.3) is 0 Å². The number of anilines is 1. The quantitative estimate of drug-likeness (QED) is 0.912. The fraction of sp³-hybridized carbons (Fsp3) is 0.545. The number of nitrogens with zero attached hydrogens (tertiary/aromatic N) is 2. The van der Waals surface area contributed by atoms with Gasteiger partial charge in [-0.05, 0) is 55.5 Å². The third-order valence-electron chi connectivity index (χ3n) is 2.42. The summed E-state index contributed by atoms with van der Waals surface area (Å²) < 4.78 is 1.02. The van der Waals surface area contributed by atoms with Crippen LogP contribution in [0, 0.1) is 6.92 Å². The average molecular weight is 272 g/mol. The Bertz CT molecular complexity index is 326. The molecule has 3 nitrogen and oxygen atoms in total. The van der Waals surface area contributed by atoms with Gasteiger partial charge in [0.15, 0.2) is 0 Å². The van der Waals surface area contributed by atoms with Crippen LogP contribution in [0.5, 0.6) is 0 Å². The van der Waals surface area contributed by atoms with Gasteiger partial charge >= 0.3 is 0 Å². The molecule has 1 aromatic heterocycles. The van der Waals surface area contributed by atoms with Crippen molar-refractivity contribution in [2.24, 2.45) is 0 Å².